The number of esters is 1. The minimum absolute atomic E-state index is 0.0547. The molecule has 4 rings (SSSR count). The van der Waals surface area contributed by atoms with Crippen LogP contribution in [0.5, 0.6) is 0 Å². The number of amides is 3. The van der Waals surface area contributed by atoms with Crippen LogP contribution in [0, 0.1) is 0 Å². The zero-order valence-electron chi connectivity index (χ0n) is 24.0. The topological polar surface area (TPSA) is 140 Å². The number of anilines is 3. The number of benzene rings is 3. The van der Waals surface area contributed by atoms with Crippen LogP contribution < -0.4 is 16.0 Å². The number of rotatable bonds is 6. The molecule has 0 radical (unpaired) electrons. The molecule has 3 N–H and O–H groups in total. The van der Waals surface area contributed by atoms with Crippen LogP contribution in [-0.2, 0) is 20.5 Å². The first kappa shape index (κ1) is 32.2. The average molecular weight is 675 g/mol. The van der Waals surface area contributed by atoms with Gasteiger partial charge in [-0.2, -0.15) is 13.2 Å². The Labute approximate surface area is 257 Å². The van der Waals surface area contributed by atoms with Crippen molar-refractivity contribution in [1.29, 1.82) is 0 Å². The van der Waals surface area contributed by atoms with Crippen molar-refractivity contribution in [3.8, 4) is 11.1 Å². The van der Waals surface area contributed by atoms with E-state index in [4.69, 9.17) is 9.26 Å². The summed E-state index contributed by atoms with van der Waals surface area (Å²) in [4.78, 5) is 49.8. The molecule has 0 aliphatic rings. The van der Waals surface area contributed by atoms with Gasteiger partial charge in [0.1, 0.15) is 5.60 Å². The van der Waals surface area contributed by atoms with Crippen molar-refractivity contribution in [1.82, 2.24) is 5.16 Å². The van der Waals surface area contributed by atoms with E-state index < -0.39 is 41.0 Å². The number of nitrogens with zero attached hydrogens (tertiary/aromatic N) is 1. The highest BCUT2D eigenvalue weighted by molar-refractivity contribution is 9.10. The van der Waals surface area contributed by atoms with Crippen molar-refractivity contribution < 1.29 is 41.6 Å². The minimum atomic E-state index is -4.84. The van der Waals surface area contributed by atoms with Gasteiger partial charge in [-0.05, 0) is 78.7 Å². The Balaban J connectivity index is 1.81. The van der Waals surface area contributed by atoms with Gasteiger partial charge in [0.15, 0.2) is 11.3 Å². The van der Waals surface area contributed by atoms with E-state index in [0.717, 1.165) is 19.1 Å². The normalized spacial score (nSPS) is 11.7. The Morgan fingerprint density at radius 3 is 2.18 bits per heavy atom. The highest BCUT2D eigenvalue weighted by Crippen LogP contribution is 2.43. The highest BCUT2D eigenvalue weighted by Gasteiger charge is 2.35. The van der Waals surface area contributed by atoms with Crippen LogP contribution in [-0.4, -0.2) is 34.4 Å². The van der Waals surface area contributed by atoms with Gasteiger partial charge in [-0.3, -0.25) is 14.4 Å². The molecule has 0 fully saturated rings. The number of ether oxygens (including phenoxy) is 1. The van der Waals surface area contributed by atoms with Gasteiger partial charge in [-0.15, -0.1) is 0 Å². The van der Waals surface area contributed by atoms with Crippen molar-refractivity contribution in [3.05, 3.63) is 69.8 Å². The first-order chi connectivity index (χ1) is 20.4. The number of hydrogen-bond donors (Lipinski definition) is 3. The number of hydrogen-bond acceptors (Lipinski definition) is 7. The molecule has 0 spiro atoms. The van der Waals surface area contributed by atoms with Gasteiger partial charge in [0, 0.05) is 35.3 Å². The van der Waals surface area contributed by atoms with Crippen LogP contribution >= 0.6 is 15.9 Å². The number of carbonyl (C=O) groups is 4. The number of carbonyl (C=O) groups excluding carboxylic acids is 4. The molecule has 3 amide bonds. The first-order valence-electron chi connectivity index (χ1n) is 13.0. The third-order valence-corrected chi connectivity index (χ3v) is 6.60. The van der Waals surface area contributed by atoms with Gasteiger partial charge in [-0.1, -0.05) is 17.3 Å². The van der Waals surface area contributed by atoms with Crippen molar-refractivity contribution in [2.24, 2.45) is 0 Å². The summed E-state index contributed by atoms with van der Waals surface area (Å²) in [6, 6.07) is 10.3. The first-order valence-corrected chi connectivity index (χ1v) is 13.8. The van der Waals surface area contributed by atoms with Gasteiger partial charge >= 0.3 is 12.1 Å². The molecule has 0 unspecified atom stereocenters. The van der Waals surface area contributed by atoms with Gasteiger partial charge in [0.05, 0.1) is 22.2 Å². The number of alkyl halides is 3. The summed E-state index contributed by atoms with van der Waals surface area (Å²) in [5, 5.41) is 11.3. The summed E-state index contributed by atoms with van der Waals surface area (Å²) in [5.41, 5.74) is -2.60. The largest absolute Gasteiger partial charge is 0.456 e. The maximum atomic E-state index is 14.2. The van der Waals surface area contributed by atoms with Crippen LogP contribution in [0.25, 0.3) is 22.1 Å². The Morgan fingerprint density at radius 1 is 0.886 bits per heavy atom. The molecule has 44 heavy (non-hydrogen) atoms. The molecule has 230 valence electrons. The lowest BCUT2D eigenvalue weighted by molar-refractivity contribution is -0.137. The Bertz CT molecular complexity index is 1810. The molecule has 1 aromatic heterocycles. The molecule has 0 aliphatic heterocycles. The second-order valence-corrected chi connectivity index (χ2v) is 11.5. The molecule has 0 atom stereocenters. The Hall–Kier alpha value is -4.72. The maximum Gasteiger partial charge on any atom is 0.417 e. The lowest BCUT2D eigenvalue weighted by Crippen LogP contribution is -2.25. The molecule has 0 aliphatic carbocycles. The molecule has 4 aromatic rings. The van der Waals surface area contributed by atoms with Crippen LogP contribution in [0.15, 0.2) is 57.5 Å². The molecule has 3 aromatic carbocycles. The summed E-state index contributed by atoms with van der Waals surface area (Å²) >= 11 is 3.32. The lowest BCUT2D eigenvalue weighted by Gasteiger charge is -2.21. The van der Waals surface area contributed by atoms with E-state index in [-0.39, 0.29) is 50.4 Å². The summed E-state index contributed by atoms with van der Waals surface area (Å²) in [6.07, 6.45) is -4.84. The molecule has 0 saturated heterocycles. The molecular weight excluding hydrogens is 649 g/mol. The van der Waals surface area contributed by atoms with E-state index in [1.54, 1.807) is 32.9 Å². The fourth-order valence-corrected chi connectivity index (χ4v) is 4.75. The number of fused-ring (bicyclic) bond motifs is 1. The SMILES string of the molecule is CC(=O)Nc1ccc(-c2cc3onc(C(=O)Nc4c(Br)cccc4C(=O)OC(C)(C)C)c3cc2NC(C)=O)c(C(F)(F)F)c1. The summed E-state index contributed by atoms with van der Waals surface area (Å²) in [7, 11) is 0. The molecule has 0 bridgehead atoms. The minimum Gasteiger partial charge on any atom is -0.456 e. The number of nitrogens with one attached hydrogen (secondary N) is 3. The van der Waals surface area contributed by atoms with Gasteiger partial charge in [0.2, 0.25) is 11.8 Å². The fraction of sp³-hybridized carbons (Fsp3) is 0.233. The van der Waals surface area contributed by atoms with Gasteiger partial charge in [0.25, 0.3) is 5.91 Å². The third kappa shape index (κ3) is 7.25. The van der Waals surface area contributed by atoms with Crippen molar-refractivity contribution >= 4 is 67.7 Å². The summed E-state index contributed by atoms with van der Waals surface area (Å²) in [5.74, 6) is -2.65. The molecule has 0 saturated carbocycles. The molecule has 10 nitrogen and oxygen atoms in total. The van der Waals surface area contributed by atoms with Gasteiger partial charge in [-0.25, -0.2) is 4.79 Å². The number of para-hydroxylation sites is 1. The van der Waals surface area contributed by atoms with E-state index >= 15 is 0 Å². The Morgan fingerprint density at radius 2 is 1.57 bits per heavy atom. The van der Waals surface area contributed by atoms with Crippen LogP contribution in [0.1, 0.15) is 61.0 Å². The van der Waals surface area contributed by atoms with E-state index in [1.165, 1.54) is 31.2 Å². The highest BCUT2D eigenvalue weighted by atomic mass is 79.9. The third-order valence-electron chi connectivity index (χ3n) is 5.94. The average Bonchev–Trinajstić information content (AvgIpc) is 3.30. The molecular formula is C30H26BrF3N4O6. The monoisotopic (exact) mass is 674 g/mol. The standard InChI is InChI=1S/C30H26BrF3N4O6/c1-14(39)35-16-9-10-17(21(11-16)30(32,33)34)19-13-24-20(12-23(19)36-15(2)40)26(38-44-24)27(41)37-25-18(7-6-8-22(25)31)28(42)43-29(3,4)5/h6-13H,1-5H3,(H,35,39)(H,36,40)(H,37,41). The zero-order chi connectivity index (χ0) is 32.6. The second-order valence-electron chi connectivity index (χ2n) is 10.7. The van der Waals surface area contributed by atoms with E-state index in [2.05, 4.69) is 37.0 Å². The zero-order valence-corrected chi connectivity index (χ0v) is 25.6. The lowest BCUT2D eigenvalue weighted by atomic mass is 9.95. The van der Waals surface area contributed by atoms with E-state index in [0.29, 0.717) is 4.47 Å². The second kappa shape index (κ2) is 12.1. The maximum absolute atomic E-state index is 14.2. The predicted octanol–water partition coefficient (Wildman–Crippen LogP) is 7.40. The smallest absolute Gasteiger partial charge is 0.417 e. The van der Waals surface area contributed by atoms with E-state index in [9.17, 15) is 32.3 Å². The predicted molar refractivity (Wildman–Crippen MR) is 160 cm³/mol. The van der Waals surface area contributed by atoms with Crippen LogP contribution in [0.3, 0.4) is 0 Å². The summed E-state index contributed by atoms with van der Waals surface area (Å²) in [6.45, 7) is 7.41. The van der Waals surface area contributed by atoms with E-state index in [1.807, 2.05) is 0 Å². The number of halogens is 4. The van der Waals surface area contributed by atoms with Gasteiger partial charge < -0.3 is 25.2 Å². The molecule has 14 heteroatoms. The fourth-order valence-electron chi connectivity index (χ4n) is 4.29. The summed E-state index contributed by atoms with van der Waals surface area (Å²) < 4.78 is 53.6. The Kier molecular flexibility index (Phi) is 8.86. The number of aromatic nitrogens is 1. The molecule has 1 heterocycles. The van der Waals surface area contributed by atoms with Crippen molar-refractivity contribution in [3.63, 3.8) is 0 Å². The van der Waals surface area contributed by atoms with Crippen molar-refractivity contribution in [2.45, 2.75) is 46.4 Å². The van der Waals surface area contributed by atoms with Crippen LogP contribution in [0.4, 0.5) is 30.2 Å². The van der Waals surface area contributed by atoms with Crippen LogP contribution in [0.2, 0.25) is 0 Å². The quantitative estimate of drug-likeness (QED) is 0.181. The van der Waals surface area contributed by atoms with Crippen molar-refractivity contribution in [2.75, 3.05) is 16.0 Å².